The van der Waals surface area contributed by atoms with Crippen molar-refractivity contribution in [2.75, 3.05) is 31.1 Å². The molecule has 3 aliphatic heterocycles. The Hall–Kier alpha value is -4.68. The largest absolute Gasteiger partial charge is 0.489 e. The lowest BCUT2D eigenvalue weighted by molar-refractivity contribution is -0.136. The Morgan fingerprint density at radius 3 is 2.45 bits per heavy atom. The summed E-state index contributed by atoms with van der Waals surface area (Å²) < 4.78 is 20.6. The number of fused-ring (bicyclic) bond motifs is 1. The van der Waals surface area contributed by atoms with Crippen LogP contribution < -0.4 is 15.0 Å². The normalized spacial score (nSPS) is 19.0. The van der Waals surface area contributed by atoms with Crippen LogP contribution in [-0.4, -0.2) is 59.7 Å². The number of imide groups is 1. The average Bonchev–Trinajstić information content (AvgIpc) is 3.33. The lowest BCUT2D eigenvalue weighted by Crippen LogP contribution is -2.52. The van der Waals surface area contributed by atoms with Gasteiger partial charge in [0.25, 0.3) is 5.91 Å². The predicted octanol–water partition coefficient (Wildman–Crippen LogP) is 3.47. The fourth-order valence-corrected chi connectivity index (χ4v) is 5.85. The van der Waals surface area contributed by atoms with E-state index in [0.717, 1.165) is 43.9 Å². The summed E-state index contributed by atoms with van der Waals surface area (Å²) >= 11 is 0. The minimum absolute atomic E-state index is 0.216. The molecule has 42 heavy (non-hydrogen) atoms. The molecular weight excluding hydrogens is 535 g/mol. The van der Waals surface area contributed by atoms with Gasteiger partial charge in [0.05, 0.1) is 12.2 Å². The molecule has 0 saturated carbocycles. The standard InChI is InChI=1S/C33H31FN4O4/c1-2-22-10-11-28(27(34)18-22)37-16-14-36(15-17-37)19-23-6-8-24(9-7-23)21-42-30-5-3-4-25-26(30)20-38(33(25)41)29-12-13-31(39)35-32(29)40/h1,3-11,18,29H,12-17,19-21H2,(H,35,39,40)/t29-/m0/s1. The topological polar surface area (TPSA) is 82.2 Å². The van der Waals surface area contributed by atoms with Gasteiger partial charge in [0, 0.05) is 55.8 Å². The second-order valence-electron chi connectivity index (χ2n) is 10.9. The van der Waals surface area contributed by atoms with Gasteiger partial charge in [-0.2, -0.15) is 0 Å². The Morgan fingerprint density at radius 1 is 0.976 bits per heavy atom. The minimum atomic E-state index is -0.660. The molecule has 0 aliphatic carbocycles. The fourth-order valence-electron chi connectivity index (χ4n) is 5.85. The van der Waals surface area contributed by atoms with Gasteiger partial charge in [-0.1, -0.05) is 36.3 Å². The van der Waals surface area contributed by atoms with E-state index in [4.69, 9.17) is 11.2 Å². The number of amides is 3. The molecule has 0 bridgehead atoms. The number of halogens is 1. The summed E-state index contributed by atoms with van der Waals surface area (Å²) in [5, 5.41) is 2.33. The van der Waals surface area contributed by atoms with Crippen molar-refractivity contribution in [1.29, 1.82) is 0 Å². The van der Waals surface area contributed by atoms with Gasteiger partial charge in [0.1, 0.15) is 24.2 Å². The van der Waals surface area contributed by atoms with Crippen LogP contribution in [0.5, 0.6) is 5.75 Å². The molecule has 214 valence electrons. The van der Waals surface area contributed by atoms with Gasteiger partial charge in [0.15, 0.2) is 0 Å². The summed E-state index contributed by atoms with van der Waals surface area (Å²) in [4.78, 5) is 42.9. The summed E-state index contributed by atoms with van der Waals surface area (Å²) in [7, 11) is 0. The lowest BCUT2D eigenvalue weighted by atomic mass is 10.0. The molecule has 0 radical (unpaired) electrons. The van der Waals surface area contributed by atoms with E-state index in [1.54, 1.807) is 24.3 Å². The molecule has 3 aromatic carbocycles. The number of hydrogen-bond donors (Lipinski definition) is 1. The fraction of sp³-hybridized carbons (Fsp3) is 0.303. The summed E-state index contributed by atoms with van der Waals surface area (Å²) in [6, 6.07) is 17.9. The van der Waals surface area contributed by atoms with Gasteiger partial charge in [-0.3, -0.25) is 24.6 Å². The maximum Gasteiger partial charge on any atom is 0.255 e. The van der Waals surface area contributed by atoms with Crippen molar-refractivity contribution in [3.63, 3.8) is 0 Å². The average molecular weight is 567 g/mol. The Balaban J connectivity index is 1.02. The van der Waals surface area contributed by atoms with Crippen molar-refractivity contribution in [3.8, 4) is 18.1 Å². The van der Waals surface area contributed by atoms with Crippen LogP contribution in [0, 0.1) is 18.2 Å². The molecule has 3 amide bonds. The number of nitrogens with zero attached hydrogens (tertiary/aromatic N) is 3. The number of ether oxygens (including phenoxy) is 1. The van der Waals surface area contributed by atoms with Crippen LogP contribution in [0.4, 0.5) is 10.1 Å². The van der Waals surface area contributed by atoms with E-state index in [-0.39, 0.29) is 30.6 Å². The second kappa shape index (κ2) is 11.7. The smallest absolute Gasteiger partial charge is 0.255 e. The molecule has 2 fully saturated rings. The van der Waals surface area contributed by atoms with Crippen molar-refractivity contribution in [3.05, 3.63) is 94.3 Å². The van der Waals surface area contributed by atoms with Gasteiger partial charge in [-0.25, -0.2) is 4.39 Å². The quantitative estimate of drug-likeness (QED) is 0.349. The first kappa shape index (κ1) is 27.5. The molecule has 2 saturated heterocycles. The van der Waals surface area contributed by atoms with Crippen LogP contribution in [0.3, 0.4) is 0 Å². The number of benzene rings is 3. The highest BCUT2D eigenvalue weighted by Gasteiger charge is 2.40. The SMILES string of the molecule is C#Cc1ccc(N2CCN(Cc3ccc(COc4cccc5c4CN([C@H]4CCC(=O)NC4=O)C5=O)cc3)CC2)c(F)c1. The molecule has 8 nitrogen and oxygen atoms in total. The molecule has 3 aliphatic rings. The molecule has 3 aromatic rings. The zero-order valence-corrected chi connectivity index (χ0v) is 23.1. The van der Waals surface area contributed by atoms with Gasteiger partial charge in [0.2, 0.25) is 11.8 Å². The Labute approximate surface area is 244 Å². The van der Waals surface area contributed by atoms with Gasteiger partial charge in [-0.15, -0.1) is 6.42 Å². The number of terminal acetylenes is 1. The predicted molar refractivity (Wildman–Crippen MR) is 155 cm³/mol. The third kappa shape index (κ3) is 5.58. The number of piperidine rings is 1. The van der Waals surface area contributed by atoms with Crippen molar-refractivity contribution in [2.45, 2.75) is 38.6 Å². The number of carbonyl (C=O) groups is 3. The third-order valence-corrected chi connectivity index (χ3v) is 8.19. The molecule has 0 spiro atoms. The first-order valence-corrected chi connectivity index (χ1v) is 14.1. The number of rotatable bonds is 7. The van der Waals surface area contributed by atoms with Gasteiger partial charge >= 0.3 is 0 Å². The zero-order chi connectivity index (χ0) is 29.2. The summed E-state index contributed by atoms with van der Waals surface area (Å²) in [5.41, 5.74) is 4.61. The molecule has 0 aromatic heterocycles. The maximum absolute atomic E-state index is 14.5. The molecule has 1 N–H and O–H groups in total. The number of anilines is 1. The van der Waals surface area contributed by atoms with Gasteiger partial charge < -0.3 is 14.5 Å². The third-order valence-electron chi connectivity index (χ3n) is 8.19. The first-order chi connectivity index (χ1) is 20.4. The number of carbonyl (C=O) groups excluding carboxylic acids is 3. The molecule has 6 rings (SSSR count). The number of hydrogen-bond acceptors (Lipinski definition) is 6. The zero-order valence-electron chi connectivity index (χ0n) is 23.1. The van der Waals surface area contributed by atoms with Crippen LogP contribution in [0.2, 0.25) is 0 Å². The number of piperazine rings is 1. The van der Waals surface area contributed by atoms with E-state index >= 15 is 0 Å². The van der Waals surface area contributed by atoms with Crippen LogP contribution in [-0.2, 0) is 29.3 Å². The molecule has 3 heterocycles. The molecule has 9 heteroatoms. The maximum atomic E-state index is 14.5. The van der Waals surface area contributed by atoms with E-state index in [0.29, 0.717) is 35.6 Å². The highest BCUT2D eigenvalue weighted by atomic mass is 19.1. The summed E-state index contributed by atoms with van der Waals surface area (Å²) in [6.07, 6.45) is 5.91. The highest BCUT2D eigenvalue weighted by molar-refractivity contribution is 6.05. The Bertz CT molecular complexity index is 1570. The second-order valence-corrected chi connectivity index (χ2v) is 10.9. The van der Waals surface area contributed by atoms with Crippen LogP contribution >= 0.6 is 0 Å². The van der Waals surface area contributed by atoms with Crippen molar-refractivity contribution < 1.29 is 23.5 Å². The van der Waals surface area contributed by atoms with E-state index in [9.17, 15) is 18.8 Å². The van der Waals surface area contributed by atoms with Crippen molar-refractivity contribution in [2.24, 2.45) is 0 Å². The van der Waals surface area contributed by atoms with Crippen LogP contribution in [0.15, 0.2) is 60.7 Å². The Morgan fingerprint density at radius 2 is 1.74 bits per heavy atom. The van der Waals surface area contributed by atoms with E-state index in [1.807, 2.05) is 18.2 Å². The molecular formula is C33H31FN4O4. The monoisotopic (exact) mass is 566 g/mol. The van der Waals surface area contributed by atoms with Crippen LogP contribution in [0.1, 0.15) is 45.5 Å². The van der Waals surface area contributed by atoms with Crippen molar-refractivity contribution in [1.82, 2.24) is 15.1 Å². The Kier molecular flexibility index (Phi) is 7.64. The number of nitrogens with one attached hydrogen (secondary N) is 1. The van der Waals surface area contributed by atoms with E-state index < -0.39 is 11.9 Å². The molecule has 0 unspecified atom stereocenters. The minimum Gasteiger partial charge on any atom is -0.489 e. The first-order valence-electron chi connectivity index (χ1n) is 14.1. The molecule has 1 atom stereocenters. The van der Waals surface area contributed by atoms with Crippen molar-refractivity contribution >= 4 is 23.4 Å². The van der Waals surface area contributed by atoms with Crippen LogP contribution in [0.25, 0.3) is 0 Å². The lowest BCUT2D eigenvalue weighted by Gasteiger charge is -2.36. The van der Waals surface area contributed by atoms with E-state index in [2.05, 4.69) is 33.2 Å². The summed E-state index contributed by atoms with van der Waals surface area (Å²) in [6.45, 7) is 4.55. The summed E-state index contributed by atoms with van der Waals surface area (Å²) in [5.74, 6) is 1.84. The van der Waals surface area contributed by atoms with E-state index in [1.165, 1.54) is 16.5 Å². The van der Waals surface area contributed by atoms with Gasteiger partial charge in [-0.05, 0) is 47.9 Å². The highest BCUT2D eigenvalue weighted by Crippen LogP contribution is 2.34.